The monoisotopic (exact) mass is 451 g/mol. The van der Waals surface area contributed by atoms with Crippen molar-refractivity contribution in [2.24, 2.45) is 0 Å². The molecule has 1 atom stereocenters. The van der Waals surface area contributed by atoms with Gasteiger partial charge in [-0.05, 0) is 36.1 Å². The highest BCUT2D eigenvalue weighted by atomic mass is 16.6. The topological polar surface area (TPSA) is 84.9 Å². The molecule has 2 aromatic carbocycles. The second kappa shape index (κ2) is 11.0. The molecule has 0 saturated heterocycles. The lowest BCUT2D eigenvalue weighted by atomic mass is 9.82. The number of amides is 1. The number of carbonyl (C=O) groups excluding carboxylic acids is 2. The minimum absolute atomic E-state index is 0.0984. The molecule has 1 unspecified atom stereocenters. The zero-order valence-electron chi connectivity index (χ0n) is 19.6. The number of rotatable bonds is 9. The van der Waals surface area contributed by atoms with E-state index in [0.717, 1.165) is 36.8 Å². The van der Waals surface area contributed by atoms with Crippen LogP contribution >= 0.6 is 0 Å². The first-order chi connectivity index (χ1) is 15.9. The van der Waals surface area contributed by atoms with Crippen molar-refractivity contribution in [2.45, 2.75) is 71.0 Å². The van der Waals surface area contributed by atoms with Crippen molar-refractivity contribution in [1.29, 1.82) is 0 Å². The standard InChI is InChI=1S/C27H33NO5/c1-4-14-27(15-5-2)17-23(29)24(25(30)33-27)19(3)21-12-9-13-22(16-21)28-26(31)32-18-20-10-7-6-8-11-20/h6-13,16,19,29H,4-5,14-15,17-18H2,1-3H3,(H,28,31). The number of aliphatic hydroxyl groups is 1. The fourth-order valence-electron chi connectivity index (χ4n) is 4.48. The molecule has 1 aliphatic heterocycles. The molecular weight excluding hydrogens is 418 g/mol. The zero-order valence-corrected chi connectivity index (χ0v) is 19.6. The summed E-state index contributed by atoms with van der Waals surface area (Å²) in [5.41, 5.74) is 1.89. The number of carbonyl (C=O) groups is 2. The second-order valence-corrected chi connectivity index (χ2v) is 8.64. The molecule has 2 N–H and O–H groups in total. The Bertz CT molecular complexity index is 993. The number of hydrogen-bond donors (Lipinski definition) is 2. The lowest BCUT2D eigenvalue weighted by Crippen LogP contribution is -2.41. The van der Waals surface area contributed by atoms with Gasteiger partial charge in [-0.25, -0.2) is 9.59 Å². The molecule has 2 aromatic rings. The second-order valence-electron chi connectivity index (χ2n) is 8.64. The quantitative estimate of drug-likeness (QED) is 0.418. The summed E-state index contributed by atoms with van der Waals surface area (Å²) in [6.45, 7) is 6.12. The maximum absolute atomic E-state index is 12.9. The van der Waals surface area contributed by atoms with E-state index in [4.69, 9.17) is 9.47 Å². The summed E-state index contributed by atoms with van der Waals surface area (Å²) in [5, 5.41) is 13.6. The predicted molar refractivity (Wildman–Crippen MR) is 128 cm³/mol. The van der Waals surface area contributed by atoms with Crippen LogP contribution in [0.1, 0.15) is 69.9 Å². The number of cyclic esters (lactones) is 1. The number of benzene rings is 2. The molecule has 0 fully saturated rings. The largest absolute Gasteiger partial charge is 0.512 e. The van der Waals surface area contributed by atoms with Crippen LogP contribution < -0.4 is 5.32 Å². The molecule has 176 valence electrons. The molecular formula is C27H33NO5. The van der Waals surface area contributed by atoms with Crippen LogP contribution in [0.15, 0.2) is 65.9 Å². The van der Waals surface area contributed by atoms with Crippen molar-refractivity contribution in [3.8, 4) is 0 Å². The number of hydrogen-bond acceptors (Lipinski definition) is 5. The first-order valence-corrected chi connectivity index (χ1v) is 11.6. The van der Waals surface area contributed by atoms with Crippen molar-refractivity contribution >= 4 is 17.7 Å². The van der Waals surface area contributed by atoms with Crippen molar-refractivity contribution < 1.29 is 24.2 Å². The number of esters is 1. The van der Waals surface area contributed by atoms with E-state index in [1.165, 1.54) is 0 Å². The predicted octanol–water partition coefficient (Wildman–Crippen LogP) is 6.64. The first-order valence-electron chi connectivity index (χ1n) is 11.6. The molecule has 1 aliphatic rings. The number of nitrogens with one attached hydrogen (secondary N) is 1. The van der Waals surface area contributed by atoms with Gasteiger partial charge in [0.1, 0.15) is 18.0 Å². The number of aliphatic hydroxyl groups excluding tert-OH is 1. The molecule has 0 aromatic heterocycles. The minimum Gasteiger partial charge on any atom is -0.512 e. The lowest BCUT2D eigenvalue weighted by Gasteiger charge is -2.38. The van der Waals surface area contributed by atoms with E-state index in [1.54, 1.807) is 18.2 Å². The fraction of sp³-hybridized carbons (Fsp3) is 0.407. The van der Waals surface area contributed by atoms with Crippen molar-refractivity contribution in [3.63, 3.8) is 0 Å². The Morgan fingerprint density at radius 2 is 1.82 bits per heavy atom. The lowest BCUT2D eigenvalue weighted by molar-refractivity contribution is -0.161. The van der Waals surface area contributed by atoms with Crippen molar-refractivity contribution in [1.82, 2.24) is 0 Å². The summed E-state index contributed by atoms with van der Waals surface area (Å²) in [5.74, 6) is -0.754. The number of anilines is 1. The molecule has 6 nitrogen and oxygen atoms in total. The van der Waals surface area contributed by atoms with E-state index < -0.39 is 17.7 Å². The van der Waals surface area contributed by atoms with Crippen LogP contribution in [0.25, 0.3) is 0 Å². The van der Waals surface area contributed by atoms with E-state index in [1.807, 2.05) is 57.2 Å². The van der Waals surface area contributed by atoms with E-state index in [0.29, 0.717) is 12.1 Å². The highest BCUT2D eigenvalue weighted by molar-refractivity contribution is 5.92. The van der Waals surface area contributed by atoms with Gasteiger partial charge in [-0.3, -0.25) is 5.32 Å². The normalized spacial score (nSPS) is 16.2. The molecule has 0 saturated carbocycles. The smallest absolute Gasteiger partial charge is 0.411 e. The Morgan fingerprint density at radius 1 is 1.12 bits per heavy atom. The van der Waals surface area contributed by atoms with Crippen molar-refractivity contribution in [3.05, 3.63) is 77.1 Å². The maximum Gasteiger partial charge on any atom is 0.411 e. The third kappa shape index (κ3) is 6.15. The summed E-state index contributed by atoms with van der Waals surface area (Å²) >= 11 is 0. The van der Waals surface area contributed by atoms with E-state index in [-0.39, 0.29) is 23.9 Å². The van der Waals surface area contributed by atoms with Crippen LogP contribution in [0.2, 0.25) is 0 Å². The van der Waals surface area contributed by atoms with Crippen molar-refractivity contribution in [2.75, 3.05) is 5.32 Å². The number of ether oxygens (including phenoxy) is 2. The SMILES string of the molecule is CCCC1(CCC)CC(O)=C(C(C)c2cccc(NC(=O)OCc3ccccc3)c2)C(=O)O1. The van der Waals surface area contributed by atoms with E-state index in [9.17, 15) is 14.7 Å². The molecule has 3 rings (SSSR count). The maximum atomic E-state index is 12.9. The Labute approximate surface area is 195 Å². The molecule has 1 amide bonds. The molecule has 1 heterocycles. The van der Waals surface area contributed by atoms with Gasteiger partial charge in [0, 0.05) is 18.0 Å². The summed E-state index contributed by atoms with van der Waals surface area (Å²) < 4.78 is 11.2. The van der Waals surface area contributed by atoms with Gasteiger partial charge >= 0.3 is 12.1 Å². The van der Waals surface area contributed by atoms with E-state index >= 15 is 0 Å². The Morgan fingerprint density at radius 3 is 2.45 bits per heavy atom. The van der Waals surface area contributed by atoms with Gasteiger partial charge in [-0.15, -0.1) is 0 Å². The van der Waals surface area contributed by atoms with Crippen LogP contribution in [0, 0.1) is 0 Å². The van der Waals surface area contributed by atoms with E-state index in [2.05, 4.69) is 5.32 Å². The van der Waals surface area contributed by atoms with Gasteiger partial charge in [0.25, 0.3) is 0 Å². The van der Waals surface area contributed by atoms with Gasteiger partial charge in [0.15, 0.2) is 0 Å². The Hall–Kier alpha value is -3.28. The van der Waals surface area contributed by atoms with Crippen LogP contribution in [-0.2, 0) is 20.9 Å². The fourth-order valence-corrected chi connectivity index (χ4v) is 4.48. The van der Waals surface area contributed by atoms with Crippen LogP contribution in [-0.4, -0.2) is 22.8 Å². The summed E-state index contributed by atoms with van der Waals surface area (Å²) in [6, 6.07) is 16.6. The average molecular weight is 452 g/mol. The van der Waals surface area contributed by atoms with Crippen LogP contribution in [0.4, 0.5) is 10.5 Å². The molecule has 6 heteroatoms. The molecule has 0 spiro atoms. The summed E-state index contributed by atoms with van der Waals surface area (Å²) in [7, 11) is 0. The van der Waals surface area contributed by atoms with Gasteiger partial charge < -0.3 is 14.6 Å². The molecule has 33 heavy (non-hydrogen) atoms. The Kier molecular flexibility index (Phi) is 8.15. The summed E-state index contributed by atoms with van der Waals surface area (Å²) in [4.78, 5) is 25.1. The van der Waals surface area contributed by atoms with Gasteiger partial charge in [-0.2, -0.15) is 0 Å². The zero-order chi connectivity index (χ0) is 23.8. The highest BCUT2D eigenvalue weighted by Crippen LogP contribution is 2.40. The summed E-state index contributed by atoms with van der Waals surface area (Å²) in [6.07, 6.45) is 2.97. The minimum atomic E-state index is -0.625. The third-order valence-corrected chi connectivity index (χ3v) is 6.02. The van der Waals surface area contributed by atoms with Gasteiger partial charge in [-0.1, -0.05) is 76.1 Å². The molecule has 0 bridgehead atoms. The first kappa shape index (κ1) is 24.4. The highest BCUT2D eigenvalue weighted by Gasteiger charge is 2.42. The third-order valence-electron chi connectivity index (χ3n) is 6.02. The average Bonchev–Trinajstić information content (AvgIpc) is 2.78. The van der Waals surface area contributed by atoms with Gasteiger partial charge in [0.2, 0.25) is 0 Å². The van der Waals surface area contributed by atoms with Gasteiger partial charge in [0.05, 0.1) is 5.57 Å². The van der Waals surface area contributed by atoms with Crippen LogP contribution in [0.5, 0.6) is 0 Å². The molecule has 0 radical (unpaired) electrons. The molecule has 0 aliphatic carbocycles. The Balaban J connectivity index is 1.71. The van der Waals surface area contributed by atoms with Crippen LogP contribution in [0.3, 0.4) is 0 Å².